The number of nitrogens with one attached hydrogen (secondary N) is 1. The highest BCUT2D eigenvalue weighted by molar-refractivity contribution is 5.91. The summed E-state index contributed by atoms with van der Waals surface area (Å²) in [4.78, 5) is 23.8. The summed E-state index contributed by atoms with van der Waals surface area (Å²) >= 11 is 0. The minimum atomic E-state index is -0.603. The van der Waals surface area contributed by atoms with Gasteiger partial charge in [0.05, 0.1) is 29.8 Å². The van der Waals surface area contributed by atoms with Crippen LogP contribution in [0.5, 0.6) is 0 Å². The number of fused-ring (bicyclic) bond motifs is 2. The van der Waals surface area contributed by atoms with E-state index < -0.39 is 6.10 Å². The number of aromatic amines is 1. The summed E-state index contributed by atoms with van der Waals surface area (Å²) in [7, 11) is 0. The van der Waals surface area contributed by atoms with E-state index in [0.717, 1.165) is 27.8 Å². The zero-order valence-corrected chi connectivity index (χ0v) is 18.6. The van der Waals surface area contributed by atoms with E-state index in [1.54, 1.807) is 6.33 Å². The number of hydrogen-bond donors (Lipinski definition) is 3. The van der Waals surface area contributed by atoms with Gasteiger partial charge in [-0.2, -0.15) is 4.98 Å². The van der Waals surface area contributed by atoms with Crippen LogP contribution in [0, 0.1) is 5.92 Å². The van der Waals surface area contributed by atoms with Crippen molar-refractivity contribution in [2.75, 3.05) is 24.6 Å². The van der Waals surface area contributed by atoms with Crippen LogP contribution in [0.25, 0.3) is 33.5 Å². The van der Waals surface area contributed by atoms with Crippen LogP contribution < -0.4 is 4.90 Å². The Morgan fingerprint density at radius 1 is 1.06 bits per heavy atom. The lowest BCUT2D eigenvalue weighted by Crippen LogP contribution is -2.45. The molecule has 0 unspecified atom stereocenters. The second-order valence-electron chi connectivity index (χ2n) is 9.36. The summed E-state index contributed by atoms with van der Waals surface area (Å²) in [5.74, 6) is 0.461. The second-order valence-corrected chi connectivity index (χ2v) is 9.36. The zero-order chi connectivity index (χ0) is 22.4. The summed E-state index contributed by atoms with van der Waals surface area (Å²) in [5, 5.41) is 19.9. The maximum atomic E-state index is 10.4. The largest absolute Gasteiger partial charge is 0.396 e. The number of H-pyrrole nitrogens is 1. The molecule has 1 aliphatic carbocycles. The molecule has 3 N–H and O–H groups in total. The standard InChI is InChI=1S/C24H29N7O2/c32-12-16-8-9-30(11-20(16)33)24-28-21(22-23(29-24)26-13-25-22)15-6-7-19-18(10-15)27-14-31(19)17-4-2-1-3-5-17/h6-7,10,13-14,16-17,20,32-33H,1-5,8-9,11-12H2,(H,25,26,28,29)/t16-,20+/m1/s1. The number of aromatic nitrogens is 6. The third-order valence-corrected chi connectivity index (χ3v) is 7.32. The molecular weight excluding hydrogens is 418 g/mol. The molecule has 9 heteroatoms. The quantitative estimate of drug-likeness (QED) is 0.440. The molecule has 0 bridgehead atoms. The molecule has 33 heavy (non-hydrogen) atoms. The molecule has 2 fully saturated rings. The molecule has 3 aromatic heterocycles. The molecule has 6 rings (SSSR count). The predicted octanol–water partition coefficient (Wildman–Crippen LogP) is 3.05. The number of rotatable bonds is 4. The molecule has 0 amide bonds. The second kappa shape index (κ2) is 8.39. The Kier molecular flexibility index (Phi) is 5.22. The van der Waals surface area contributed by atoms with Crippen LogP contribution in [-0.2, 0) is 0 Å². The van der Waals surface area contributed by atoms with Crippen LogP contribution >= 0.6 is 0 Å². The number of hydrogen-bond acceptors (Lipinski definition) is 7. The van der Waals surface area contributed by atoms with Gasteiger partial charge in [0.2, 0.25) is 5.95 Å². The summed E-state index contributed by atoms with van der Waals surface area (Å²) in [6, 6.07) is 6.85. The molecule has 1 saturated heterocycles. The third kappa shape index (κ3) is 3.65. The summed E-state index contributed by atoms with van der Waals surface area (Å²) in [6.45, 7) is 1.08. The molecule has 1 saturated carbocycles. The van der Waals surface area contributed by atoms with Crippen LogP contribution in [-0.4, -0.2) is 65.5 Å². The topological polar surface area (TPSA) is 116 Å². The fourth-order valence-electron chi connectivity index (χ4n) is 5.37. The van der Waals surface area contributed by atoms with Gasteiger partial charge in [0, 0.05) is 37.2 Å². The number of benzene rings is 1. The number of aliphatic hydroxyl groups is 2. The van der Waals surface area contributed by atoms with Crippen LogP contribution in [0.1, 0.15) is 44.6 Å². The fraction of sp³-hybridized carbons (Fsp3) is 0.500. The predicted molar refractivity (Wildman–Crippen MR) is 126 cm³/mol. The normalized spacial score (nSPS) is 22.4. The van der Waals surface area contributed by atoms with Crippen LogP contribution in [0.2, 0.25) is 0 Å². The third-order valence-electron chi connectivity index (χ3n) is 7.32. The fourth-order valence-corrected chi connectivity index (χ4v) is 5.37. The van der Waals surface area contributed by atoms with Gasteiger partial charge in [0.15, 0.2) is 5.65 Å². The van der Waals surface area contributed by atoms with Crippen LogP contribution in [0.15, 0.2) is 30.9 Å². The van der Waals surface area contributed by atoms with E-state index in [4.69, 9.17) is 9.97 Å². The van der Waals surface area contributed by atoms with Crippen molar-refractivity contribution in [2.24, 2.45) is 5.92 Å². The Bertz CT molecular complexity index is 1280. The Hall–Kier alpha value is -3.04. The Morgan fingerprint density at radius 2 is 1.94 bits per heavy atom. The van der Waals surface area contributed by atoms with E-state index in [1.165, 1.54) is 32.1 Å². The lowest BCUT2D eigenvalue weighted by atomic mass is 9.95. The first kappa shape index (κ1) is 20.6. The Balaban J connectivity index is 1.38. The van der Waals surface area contributed by atoms with Crippen molar-refractivity contribution in [1.29, 1.82) is 0 Å². The smallest absolute Gasteiger partial charge is 0.228 e. The summed E-state index contributed by atoms with van der Waals surface area (Å²) < 4.78 is 2.33. The molecule has 4 heterocycles. The maximum absolute atomic E-state index is 10.4. The van der Waals surface area contributed by atoms with Gasteiger partial charge >= 0.3 is 0 Å². The van der Waals surface area contributed by atoms with Gasteiger partial charge in [-0.05, 0) is 31.4 Å². The van der Waals surface area contributed by atoms with Crippen molar-refractivity contribution in [2.45, 2.75) is 50.7 Å². The molecule has 1 aliphatic heterocycles. The average molecular weight is 448 g/mol. The van der Waals surface area contributed by atoms with E-state index in [1.807, 2.05) is 11.2 Å². The molecule has 172 valence electrons. The van der Waals surface area contributed by atoms with Crippen LogP contribution in [0.3, 0.4) is 0 Å². The number of piperidine rings is 1. The van der Waals surface area contributed by atoms with Crippen molar-refractivity contribution in [3.63, 3.8) is 0 Å². The molecule has 2 aliphatic rings. The summed E-state index contributed by atoms with van der Waals surface area (Å²) in [6.07, 6.45) is 10.0. The van der Waals surface area contributed by atoms with E-state index in [0.29, 0.717) is 37.1 Å². The highest BCUT2D eigenvalue weighted by atomic mass is 16.3. The van der Waals surface area contributed by atoms with Gasteiger partial charge in [0.25, 0.3) is 0 Å². The Labute approximate surface area is 191 Å². The van der Waals surface area contributed by atoms with E-state index >= 15 is 0 Å². The molecule has 1 aromatic carbocycles. The number of β-amino-alcohol motifs (C(OH)–C–C–N with tert-alkyl or cyclic N) is 1. The van der Waals surface area contributed by atoms with Gasteiger partial charge in [-0.1, -0.05) is 25.3 Å². The van der Waals surface area contributed by atoms with Crippen molar-refractivity contribution in [1.82, 2.24) is 29.5 Å². The number of anilines is 1. The maximum Gasteiger partial charge on any atom is 0.228 e. The first-order chi connectivity index (χ1) is 16.2. The first-order valence-corrected chi connectivity index (χ1v) is 11.9. The lowest BCUT2D eigenvalue weighted by molar-refractivity contribution is 0.0544. The van der Waals surface area contributed by atoms with Gasteiger partial charge < -0.3 is 24.7 Å². The van der Waals surface area contributed by atoms with Crippen LogP contribution in [0.4, 0.5) is 5.95 Å². The minimum absolute atomic E-state index is 0.00574. The molecule has 0 radical (unpaired) electrons. The van der Waals surface area contributed by atoms with E-state index in [2.05, 4.69) is 37.7 Å². The van der Waals surface area contributed by atoms with Crippen molar-refractivity contribution < 1.29 is 10.2 Å². The van der Waals surface area contributed by atoms with Gasteiger partial charge in [-0.15, -0.1) is 0 Å². The average Bonchev–Trinajstić information content (AvgIpc) is 3.50. The monoisotopic (exact) mass is 447 g/mol. The SMILES string of the molecule is OC[C@H]1CCN(c2nc(-c3ccc4c(c3)ncn4C3CCCCC3)c3nc[nH]c3n2)C[C@@H]1O. The molecule has 9 nitrogen and oxygen atoms in total. The summed E-state index contributed by atoms with van der Waals surface area (Å²) in [5.41, 5.74) is 5.21. The highest BCUT2D eigenvalue weighted by Crippen LogP contribution is 2.33. The minimum Gasteiger partial charge on any atom is -0.396 e. The highest BCUT2D eigenvalue weighted by Gasteiger charge is 2.29. The van der Waals surface area contributed by atoms with Crippen molar-refractivity contribution in [3.8, 4) is 11.3 Å². The number of imidazole rings is 2. The molecular formula is C24H29N7O2. The Morgan fingerprint density at radius 3 is 2.76 bits per heavy atom. The van der Waals surface area contributed by atoms with Crippen molar-refractivity contribution >= 4 is 28.1 Å². The van der Waals surface area contributed by atoms with E-state index in [9.17, 15) is 10.2 Å². The zero-order valence-electron chi connectivity index (χ0n) is 18.6. The number of nitrogens with zero attached hydrogens (tertiary/aromatic N) is 6. The van der Waals surface area contributed by atoms with Crippen molar-refractivity contribution in [3.05, 3.63) is 30.9 Å². The number of aliphatic hydroxyl groups excluding tert-OH is 2. The van der Waals surface area contributed by atoms with Gasteiger partial charge in [0.1, 0.15) is 11.2 Å². The van der Waals surface area contributed by atoms with Gasteiger partial charge in [-0.25, -0.2) is 15.0 Å². The lowest BCUT2D eigenvalue weighted by Gasteiger charge is -2.35. The molecule has 2 atom stereocenters. The van der Waals surface area contributed by atoms with Gasteiger partial charge in [-0.3, -0.25) is 0 Å². The molecule has 4 aromatic rings. The molecule has 0 spiro atoms. The van der Waals surface area contributed by atoms with E-state index in [-0.39, 0.29) is 12.5 Å². The first-order valence-electron chi connectivity index (χ1n) is 11.9.